The number of imide groups is 1. The molecule has 0 radical (unpaired) electrons. The molecule has 4 rings (SSSR count). The fourth-order valence-electron chi connectivity index (χ4n) is 3.28. The molecule has 1 aliphatic heterocycles. The van der Waals surface area contributed by atoms with Crippen molar-refractivity contribution in [3.8, 4) is 0 Å². The van der Waals surface area contributed by atoms with Crippen molar-refractivity contribution >= 4 is 27.5 Å². The maximum Gasteiger partial charge on any atom is 0.280 e. The second kappa shape index (κ2) is 7.72. The lowest BCUT2D eigenvalue weighted by Crippen LogP contribution is -2.31. The first-order valence-electron chi connectivity index (χ1n) is 9.35. The van der Waals surface area contributed by atoms with E-state index in [4.69, 9.17) is 0 Å². The first kappa shape index (κ1) is 19.8. The fraction of sp³-hybridized carbons (Fsp3) is 0.136. The van der Waals surface area contributed by atoms with Gasteiger partial charge < -0.3 is 0 Å². The van der Waals surface area contributed by atoms with Gasteiger partial charge in [0.15, 0.2) is 0 Å². The average molecular weight is 421 g/mol. The SMILES string of the molecule is Cc1ccccc1NS(=O)(=O)c1ccc(CCN2C(=O)c3cccnc3C2=O)cc1. The van der Waals surface area contributed by atoms with Gasteiger partial charge in [0, 0.05) is 12.7 Å². The minimum Gasteiger partial charge on any atom is -0.279 e. The number of benzene rings is 2. The van der Waals surface area contributed by atoms with Crippen LogP contribution in [0.15, 0.2) is 71.8 Å². The number of anilines is 1. The van der Waals surface area contributed by atoms with Gasteiger partial charge in [-0.1, -0.05) is 30.3 Å². The van der Waals surface area contributed by atoms with Crippen LogP contribution in [0.4, 0.5) is 5.69 Å². The molecule has 2 heterocycles. The Morgan fingerprint density at radius 2 is 1.67 bits per heavy atom. The molecule has 0 fully saturated rings. The monoisotopic (exact) mass is 421 g/mol. The third-order valence-corrected chi connectivity index (χ3v) is 6.36. The molecule has 1 aliphatic rings. The van der Waals surface area contributed by atoms with Crippen molar-refractivity contribution in [3.05, 3.63) is 89.2 Å². The van der Waals surface area contributed by atoms with Gasteiger partial charge in [0.1, 0.15) is 5.69 Å². The molecule has 2 amide bonds. The maximum absolute atomic E-state index is 12.6. The van der Waals surface area contributed by atoms with E-state index in [2.05, 4.69) is 9.71 Å². The van der Waals surface area contributed by atoms with Crippen molar-refractivity contribution in [3.63, 3.8) is 0 Å². The molecule has 0 aliphatic carbocycles. The number of fused-ring (bicyclic) bond motifs is 1. The van der Waals surface area contributed by atoms with Crippen LogP contribution in [0.1, 0.15) is 32.0 Å². The lowest BCUT2D eigenvalue weighted by Gasteiger charge is -2.14. The topological polar surface area (TPSA) is 96.4 Å². The molecule has 0 saturated carbocycles. The first-order valence-corrected chi connectivity index (χ1v) is 10.8. The Morgan fingerprint density at radius 3 is 2.37 bits per heavy atom. The highest BCUT2D eigenvalue weighted by atomic mass is 32.2. The van der Waals surface area contributed by atoms with E-state index >= 15 is 0 Å². The van der Waals surface area contributed by atoms with Crippen molar-refractivity contribution in [1.29, 1.82) is 0 Å². The van der Waals surface area contributed by atoms with Crippen LogP contribution < -0.4 is 4.72 Å². The van der Waals surface area contributed by atoms with Crippen LogP contribution in [0.25, 0.3) is 0 Å². The molecule has 30 heavy (non-hydrogen) atoms. The van der Waals surface area contributed by atoms with Crippen LogP contribution in [0.5, 0.6) is 0 Å². The first-order chi connectivity index (χ1) is 14.4. The zero-order valence-electron chi connectivity index (χ0n) is 16.2. The molecule has 8 heteroatoms. The van der Waals surface area contributed by atoms with Gasteiger partial charge in [-0.15, -0.1) is 0 Å². The lowest BCUT2D eigenvalue weighted by molar-refractivity contribution is 0.0654. The predicted molar refractivity (Wildman–Crippen MR) is 112 cm³/mol. The Bertz CT molecular complexity index is 1200. The number of carbonyl (C=O) groups is 2. The van der Waals surface area contributed by atoms with Crippen molar-refractivity contribution in [2.75, 3.05) is 11.3 Å². The van der Waals surface area contributed by atoms with Gasteiger partial charge in [0.25, 0.3) is 21.8 Å². The van der Waals surface area contributed by atoms with Crippen LogP contribution >= 0.6 is 0 Å². The van der Waals surface area contributed by atoms with Crippen molar-refractivity contribution in [1.82, 2.24) is 9.88 Å². The molecule has 3 aromatic rings. The Balaban J connectivity index is 1.44. The molecular weight excluding hydrogens is 402 g/mol. The number of hydrogen-bond acceptors (Lipinski definition) is 5. The summed E-state index contributed by atoms with van der Waals surface area (Å²) in [5.74, 6) is -0.762. The van der Waals surface area contributed by atoms with Gasteiger partial charge in [-0.05, 0) is 54.8 Å². The number of nitrogens with one attached hydrogen (secondary N) is 1. The molecule has 0 saturated heterocycles. The molecule has 2 aromatic carbocycles. The summed E-state index contributed by atoms with van der Waals surface area (Å²) in [6.07, 6.45) is 1.90. The van der Waals surface area contributed by atoms with Gasteiger partial charge in [0.05, 0.1) is 16.1 Å². The van der Waals surface area contributed by atoms with E-state index in [0.29, 0.717) is 17.7 Å². The number of para-hydroxylation sites is 1. The molecule has 1 N–H and O–H groups in total. The zero-order chi connectivity index (χ0) is 21.3. The number of aryl methyl sites for hydroxylation is 1. The maximum atomic E-state index is 12.6. The predicted octanol–water partition coefficient (Wildman–Crippen LogP) is 3.03. The number of aromatic nitrogens is 1. The summed E-state index contributed by atoms with van der Waals surface area (Å²) in [7, 11) is -3.71. The molecular formula is C22H19N3O4S. The van der Waals surface area contributed by atoms with E-state index in [1.165, 1.54) is 23.2 Å². The van der Waals surface area contributed by atoms with E-state index in [1.807, 2.05) is 19.1 Å². The van der Waals surface area contributed by atoms with Crippen LogP contribution in [0, 0.1) is 6.92 Å². The van der Waals surface area contributed by atoms with Gasteiger partial charge in [-0.3, -0.25) is 24.2 Å². The quantitative estimate of drug-likeness (QED) is 0.617. The summed E-state index contributed by atoms with van der Waals surface area (Å²) in [4.78, 5) is 30.1. The van der Waals surface area contributed by atoms with E-state index < -0.39 is 15.9 Å². The Kier molecular flexibility index (Phi) is 5.09. The minimum atomic E-state index is -3.71. The van der Waals surface area contributed by atoms with E-state index in [0.717, 1.165) is 11.1 Å². The van der Waals surface area contributed by atoms with Gasteiger partial charge in [-0.25, -0.2) is 8.42 Å². The molecule has 0 unspecified atom stereocenters. The highest BCUT2D eigenvalue weighted by molar-refractivity contribution is 7.92. The van der Waals surface area contributed by atoms with E-state index in [9.17, 15) is 18.0 Å². The number of amides is 2. The molecule has 0 atom stereocenters. The summed E-state index contributed by atoms with van der Waals surface area (Å²) in [6.45, 7) is 2.03. The highest BCUT2D eigenvalue weighted by Gasteiger charge is 2.36. The molecule has 0 bridgehead atoms. The van der Waals surface area contributed by atoms with Gasteiger partial charge in [-0.2, -0.15) is 0 Å². The summed E-state index contributed by atoms with van der Waals surface area (Å²) >= 11 is 0. The standard InChI is InChI=1S/C22H19N3O4S/c1-15-5-2-3-7-19(15)24-30(28,29)17-10-8-16(9-11-17)12-14-25-21(26)18-6-4-13-23-20(18)22(25)27/h2-11,13,24H,12,14H2,1H3. The lowest BCUT2D eigenvalue weighted by atomic mass is 10.1. The second-order valence-electron chi connectivity index (χ2n) is 6.98. The van der Waals surface area contributed by atoms with Gasteiger partial charge >= 0.3 is 0 Å². The summed E-state index contributed by atoms with van der Waals surface area (Å²) < 4.78 is 27.8. The fourth-order valence-corrected chi connectivity index (χ4v) is 4.41. The van der Waals surface area contributed by atoms with Crippen molar-refractivity contribution in [2.24, 2.45) is 0 Å². The third kappa shape index (κ3) is 3.69. The number of sulfonamides is 1. The van der Waals surface area contributed by atoms with Crippen molar-refractivity contribution < 1.29 is 18.0 Å². The highest BCUT2D eigenvalue weighted by Crippen LogP contribution is 2.22. The largest absolute Gasteiger partial charge is 0.280 e. The molecule has 7 nitrogen and oxygen atoms in total. The summed E-state index contributed by atoms with van der Waals surface area (Å²) in [5, 5.41) is 0. The van der Waals surface area contributed by atoms with Crippen molar-refractivity contribution in [2.45, 2.75) is 18.2 Å². The average Bonchev–Trinajstić information content (AvgIpc) is 2.99. The number of carbonyl (C=O) groups excluding carboxylic acids is 2. The normalized spacial score (nSPS) is 13.4. The molecule has 152 valence electrons. The van der Waals surface area contributed by atoms with Crippen LogP contribution in [-0.4, -0.2) is 36.7 Å². The summed E-state index contributed by atoms with van der Waals surface area (Å²) in [5.41, 5.74) is 2.65. The van der Waals surface area contributed by atoms with Crippen LogP contribution in [-0.2, 0) is 16.4 Å². The Labute approximate surface area is 174 Å². The Morgan fingerprint density at radius 1 is 0.933 bits per heavy atom. The van der Waals surface area contributed by atoms with Crippen LogP contribution in [0.3, 0.4) is 0 Å². The van der Waals surface area contributed by atoms with Gasteiger partial charge in [0.2, 0.25) is 0 Å². The number of nitrogens with zero attached hydrogens (tertiary/aromatic N) is 2. The molecule has 1 aromatic heterocycles. The third-order valence-electron chi connectivity index (χ3n) is 4.98. The smallest absolute Gasteiger partial charge is 0.279 e. The number of hydrogen-bond donors (Lipinski definition) is 1. The van der Waals surface area contributed by atoms with E-state index in [1.54, 1.807) is 36.4 Å². The zero-order valence-corrected chi connectivity index (χ0v) is 17.0. The van der Waals surface area contributed by atoms with Crippen LogP contribution in [0.2, 0.25) is 0 Å². The Hall–Kier alpha value is -3.52. The second-order valence-corrected chi connectivity index (χ2v) is 8.66. The molecule has 0 spiro atoms. The van der Waals surface area contributed by atoms with E-state index in [-0.39, 0.29) is 23.0 Å². The number of pyridine rings is 1. The summed E-state index contributed by atoms with van der Waals surface area (Å²) in [6, 6.07) is 16.7. The minimum absolute atomic E-state index is 0.138. The number of rotatable bonds is 6.